The fourth-order valence-electron chi connectivity index (χ4n) is 1.81. The van der Waals surface area contributed by atoms with E-state index in [1.807, 2.05) is 0 Å². The standard InChI is InChI=1S/C13H16N4O2/c1-8-10(7-17(2)16-8)13(18)15-9-4-5-11(14)12(6-9)19-3/h4-7H,14H2,1-3H3,(H,15,18). The Morgan fingerprint density at radius 3 is 2.79 bits per heavy atom. The van der Waals surface area contributed by atoms with Crippen LogP contribution in [0.4, 0.5) is 11.4 Å². The van der Waals surface area contributed by atoms with Crippen molar-refractivity contribution < 1.29 is 9.53 Å². The van der Waals surface area contributed by atoms with Crippen molar-refractivity contribution >= 4 is 17.3 Å². The van der Waals surface area contributed by atoms with Crippen LogP contribution in [-0.2, 0) is 7.05 Å². The summed E-state index contributed by atoms with van der Waals surface area (Å²) < 4.78 is 6.71. The number of nitrogens with one attached hydrogen (secondary N) is 1. The first-order chi connectivity index (χ1) is 9.01. The van der Waals surface area contributed by atoms with Crippen molar-refractivity contribution in [2.45, 2.75) is 6.92 Å². The Morgan fingerprint density at radius 2 is 2.21 bits per heavy atom. The molecule has 0 saturated heterocycles. The van der Waals surface area contributed by atoms with E-state index in [-0.39, 0.29) is 5.91 Å². The average molecular weight is 260 g/mol. The zero-order valence-corrected chi connectivity index (χ0v) is 11.1. The lowest BCUT2D eigenvalue weighted by Gasteiger charge is -2.08. The number of nitrogens with zero attached hydrogens (tertiary/aromatic N) is 2. The summed E-state index contributed by atoms with van der Waals surface area (Å²) in [6.07, 6.45) is 1.68. The third kappa shape index (κ3) is 2.67. The Morgan fingerprint density at radius 1 is 1.47 bits per heavy atom. The Balaban J connectivity index is 2.21. The minimum Gasteiger partial charge on any atom is -0.495 e. The number of hydrogen-bond acceptors (Lipinski definition) is 4. The topological polar surface area (TPSA) is 82.2 Å². The number of aryl methyl sites for hydroxylation is 2. The van der Waals surface area contributed by atoms with Gasteiger partial charge in [0.15, 0.2) is 0 Å². The minimum absolute atomic E-state index is 0.211. The number of carbonyl (C=O) groups is 1. The van der Waals surface area contributed by atoms with E-state index in [1.165, 1.54) is 7.11 Å². The second kappa shape index (κ2) is 5.01. The highest BCUT2D eigenvalue weighted by atomic mass is 16.5. The van der Waals surface area contributed by atoms with Gasteiger partial charge in [0.1, 0.15) is 5.75 Å². The Kier molecular flexibility index (Phi) is 3.41. The molecule has 0 fully saturated rings. The van der Waals surface area contributed by atoms with Crippen LogP contribution in [0.5, 0.6) is 5.75 Å². The molecule has 0 radical (unpaired) electrons. The third-order valence-corrected chi connectivity index (χ3v) is 2.75. The van der Waals surface area contributed by atoms with E-state index >= 15 is 0 Å². The number of nitrogen functional groups attached to an aromatic ring is 1. The molecule has 100 valence electrons. The van der Waals surface area contributed by atoms with E-state index in [9.17, 15) is 4.79 Å². The molecule has 1 aromatic carbocycles. The van der Waals surface area contributed by atoms with Crippen LogP contribution in [0.2, 0.25) is 0 Å². The van der Waals surface area contributed by atoms with Crippen LogP contribution in [-0.4, -0.2) is 22.8 Å². The minimum atomic E-state index is -0.211. The SMILES string of the molecule is COc1cc(NC(=O)c2cn(C)nc2C)ccc1N. The molecule has 0 bridgehead atoms. The van der Waals surface area contributed by atoms with Crippen LogP contribution >= 0.6 is 0 Å². The van der Waals surface area contributed by atoms with E-state index in [4.69, 9.17) is 10.5 Å². The first-order valence-electron chi connectivity index (χ1n) is 5.76. The molecule has 1 amide bonds. The lowest BCUT2D eigenvalue weighted by Crippen LogP contribution is -2.12. The van der Waals surface area contributed by atoms with Crippen LogP contribution in [0.3, 0.4) is 0 Å². The number of ether oxygens (including phenoxy) is 1. The summed E-state index contributed by atoms with van der Waals surface area (Å²) in [6, 6.07) is 5.09. The zero-order chi connectivity index (χ0) is 14.0. The number of benzene rings is 1. The number of anilines is 2. The van der Waals surface area contributed by atoms with Gasteiger partial charge in [0.05, 0.1) is 24.1 Å². The zero-order valence-electron chi connectivity index (χ0n) is 11.1. The van der Waals surface area contributed by atoms with E-state index in [0.29, 0.717) is 28.4 Å². The van der Waals surface area contributed by atoms with Gasteiger partial charge in [-0.15, -0.1) is 0 Å². The molecule has 19 heavy (non-hydrogen) atoms. The van der Waals surface area contributed by atoms with Gasteiger partial charge in [0, 0.05) is 25.0 Å². The number of amides is 1. The number of rotatable bonds is 3. The quantitative estimate of drug-likeness (QED) is 0.821. The van der Waals surface area contributed by atoms with Crippen LogP contribution < -0.4 is 15.8 Å². The number of methoxy groups -OCH3 is 1. The van der Waals surface area contributed by atoms with Gasteiger partial charge < -0.3 is 15.8 Å². The molecule has 6 heteroatoms. The molecule has 0 aliphatic heterocycles. The third-order valence-electron chi connectivity index (χ3n) is 2.75. The van der Waals surface area contributed by atoms with E-state index < -0.39 is 0 Å². The molecule has 1 heterocycles. The van der Waals surface area contributed by atoms with Crippen LogP contribution in [0.15, 0.2) is 24.4 Å². The van der Waals surface area contributed by atoms with Crippen molar-refractivity contribution in [1.29, 1.82) is 0 Å². The number of carbonyl (C=O) groups excluding carboxylic acids is 1. The summed E-state index contributed by atoms with van der Waals surface area (Å²) in [6.45, 7) is 1.79. The monoisotopic (exact) mass is 260 g/mol. The summed E-state index contributed by atoms with van der Waals surface area (Å²) in [4.78, 5) is 12.1. The Hall–Kier alpha value is -2.50. The summed E-state index contributed by atoms with van der Waals surface area (Å²) in [5, 5.41) is 6.92. The fraction of sp³-hybridized carbons (Fsp3) is 0.231. The fourth-order valence-corrected chi connectivity index (χ4v) is 1.81. The molecule has 0 saturated carbocycles. The first kappa shape index (κ1) is 12.9. The van der Waals surface area contributed by atoms with Crippen molar-refractivity contribution in [3.63, 3.8) is 0 Å². The van der Waals surface area contributed by atoms with Crippen LogP contribution in [0, 0.1) is 6.92 Å². The van der Waals surface area contributed by atoms with Gasteiger partial charge >= 0.3 is 0 Å². The second-order valence-electron chi connectivity index (χ2n) is 4.21. The van der Waals surface area contributed by atoms with Gasteiger partial charge in [-0.25, -0.2) is 0 Å². The van der Waals surface area contributed by atoms with E-state index in [2.05, 4.69) is 10.4 Å². The Bertz CT molecular complexity index is 619. The molecule has 3 N–H and O–H groups in total. The molecular formula is C13H16N4O2. The van der Waals surface area contributed by atoms with Gasteiger partial charge in [-0.2, -0.15) is 5.10 Å². The Labute approximate surface area is 111 Å². The van der Waals surface area contributed by atoms with Crippen molar-refractivity contribution in [2.24, 2.45) is 7.05 Å². The van der Waals surface area contributed by atoms with Crippen LogP contribution in [0.25, 0.3) is 0 Å². The largest absolute Gasteiger partial charge is 0.495 e. The summed E-state index contributed by atoms with van der Waals surface area (Å²) >= 11 is 0. The van der Waals surface area contributed by atoms with Crippen molar-refractivity contribution in [3.05, 3.63) is 35.7 Å². The smallest absolute Gasteiger partial charge is 0.259 e. The number of aromatic nitrogens is 2. The maximum atomic E-state index is 12.1. The highest BCUT2D eigenvalue weighted by molar-refractivity contribution is 6.05. The van der Waals surface area contributed by atoms with Crippen LogP contribution in [0.1, 0.15) is 16.1 Å². The van der Waals surface area contributed by atoms with E-state index in [1.54, 1.807) is 43.0 Å². The normalized spacial score (nSPS) is 10.3. The highest BCUT2D eigenvalue weighted by Crippen LogP contribution is 2.25. The van der Waals surface area contributed by atoms with Gasteiger partial charge in [-0.1, -0.05) is 0 Å². The molecule has 0 spiro atoms. The average Bonchev–Trinajstić information content (AvgIpc) is 2.71. The number of hydrogen-bond donors (Lipinski definition) is 2. The lowest BCUT2D eigenvalue weighted by molar-refractivity contribution is 0.102. The molecule has 0 aliphatic rings. The van der Waals surface area contributed by atoms with Crippen molar-refractivity contribution in [3.8, 4) is 5.75 Å². The molecular weight excluding hydrogens is 244 g/mol. The summed E-state index contributed by atoms with van der Waals surface area (Å²) in [5.74, 6) is 0.318. The molecule has 6 nitrogen and oxygen atoms in total. The van der Waals surface area contributed by atoms with Crippen molar-refractivity contribution in [2.75, 3.05) is 18.2 Å². The van der Waals surface area contributed by atoms with Gasteiger partial charge in [-0.3, -0.25) is 9.48 Å². The maximum absolute atomic E-state index is 12.1. The van der Waals surface area contributed by atoms with Gasteiger partial charge in [0.25, 0.3) is 5.91 Å². The second-order valence-corrected chi connectivity index (χ2v) is 4.21. The molecule has 2 aromatic rings. The maximum Gasteiger partial charge on any atom is 0.259 e. The molecule has 1 aromatic heterocycles. The molecule has 0 aliphatic carbocycles. The molecule has 2 rings (SSSR count). The predicted molar refractivity (Wildman–Crippen MR) is 73.3 cm³/mol. The van der Waals surface area contributed by atoms with E-state index in [0.717, 1.165) is 0 Å². The predicted octanol–water partition coefficient (Wildman–Crippen LogP) is 1.57. The molecule has 0 atom stereocenters. The van der Waals surface area contributed by atoms with Gasteiger partial charge in [-0.05, 0) is 19.1 Å². The van der Waals surface area contributed by atoms with Crippen molar-refractivity contribution in [1.82, 2.24) is 9.78 Å². The number of nitrogens with two attached hydrogens (primary N) is 1. The summed E-state index contributed by atoms with van der Waals surface area (Å²) in [5.41, 5.74) is 8.09. The lowest BCUT2D eigenvalue weighted by atomic mass is 10.2. The van der Waals surface area contributed by atoms with Gasteiger partial charge in [0.2, 0.25) is 0 Å². The highest BCUT2D eigenvalue weighted by Gasteiger charge is 2.13. The first-order valence-corrected chi connectivity index (χ1v) is 5.76. The molecule has 0 unspecified atom stereocenters. The summed E-state index contributed by atoms with van der Waals surface area (Å²) in [7, 11) is 3.30.